The van der Waals surface area contributed by atoms with Gasteiger partial charge in [-0.25, -0.2) is 0 Å². The zero-order valence-corrected chi connectivity index (χ0v) is 47.6. The van der Waals surface area contributed by atoms with Crippen molar-refractivity contribution in [3.8, 4) is 0 Å². The number of rotatable bonds is 59. The largest absolute Gasteiger partial charge is 0.462 e. The van der Waals surface area contributed by atoms with Crippen molar-refractivity contribution in [3.05, 3.63) is 12.2 Å². The molecule has 0 aliphatic heterocycles. The third-order valence-corrected chi connectivity index (χ3v) is 14.5. The number of hydrogen-bond acceptors (Lipinski definition) is 6. The highest BCUT2D eigenvalue weighted by atomic mass is 16.6. The van der Waals surface area contributed by atoms with E-state index in [0.29, 0.717) is 19.3 Å². The van der Waals surface area contributed by atoms with Crippen molar-refractivity contribution >= 4 is 17.9 Å². The van der Waals surface area contributed by atoms with E-state index < -0.39 is 6.10 Å². The Morgan fingerprint density at radius 3 is 0.757 bits per heavy atom. The van der Waals surface area contributed by atoms with Gasteiger partial charge in [0.05, 0.1) is 0 Å². The predicted molar refractivity (Wildman–Crippen MR) is 303 cm³/mol. The number of allylic oxidation sites excluding steroid dienone is 2. The molecule has 0 aromatic heterocycles. The normalized spacial score (nSPS) is 12.0. The van der Waals surface area contributed by atoms with Crippen LogP contribution < -0.4 is 0 Å². The van der Waals surface area contributed by atoms with Gasteiger partial charge in [0.2, 0.25) is 0 Å². The summed E-state index contributed by atoms with van der Waals surface area (Å²) in [6.45, 7) is 6.67. The van der Waals surface area contributed by atoms with Crippen LogP contribution in [0, 0.1) is 0 Å². The Hall–Kier alpha value is -1.85. The second kappa shape index (κ2) is 59.7. The SMILES string of the molecule is CCCC/C=C\CCCCCCCC(=O)OCC(COC(=O)CCCCCCCCCCCCCCCCCCCCCCCC)OC(=O)CCCCCCCCCCCCCCCCCCCCC. The molecule has 1 atom stereocenters. The predicted octanol–water partition coefficient (Wildman–Crippen LogP) is 21.3. The Morgan fingerprint density at radius 2 is 0.486 bits per heavy atom. The number of carbonyl (C=O) groups excluding carboxylic acids is 3. The Balaban J connectivity index is 4.21. The van der Waals surface area contributed by atoms with E-state index in [9.17, 15) is 14.4 Å². The summed E-state index contributed by atoms with van der Waals surface area (Å²) in [4.78, 5) is 38.2. The van der Waals surface area contributed by atoms with E-state index in [1.807, 2.05) is 0 Å². The lowest BCUT2D eigenvalue weighted by molar-refractivity contribution is -0.167. The zero-order valence-electron chi connectivity index (χ0n) is 47.6. The summed E-state index contributed by atoms with van der Waals surface area (Å²) < 4.78 is 16.9. The van der Waals surface area contributed by atoms with Gasteiger partial charge in [0.25, 0.3) is 0 Å². The highest BCUT2D eigenvalue weighted by molar-refractivity contribution is 5.71. The summed E-state index contributed by atoms with van der Waals surface area (Å²) in [5.74, 6) is -0.848. The first-order valence-corrected chi connectivity index (χ1v) is 31.7. The Morgan fingerprint density at radius 1 is 0.271 bits per heavy atom. The third-order valence-electron chi connectivity index (χ3n) is 14.5. The molecule has 0 saturated carbocycles. The number of unbranched alkanes of at least 4 members (excludes halogenated alkanes) is 46. The molecule has 0 heterocycles. The van der Waals surface area contributed by atoms with Crippen molar-refractivity contribution in [2.24, 2.45) is 0 Å². The Kier molecular flexibility index (Phi) is 58.1. The topological polar surface area (TPSA) is 78.9 Å². The summed E-state index contributed by atoms with van der Waals surface area (Å²) in [6, 6.07) is 0. The molecule has 0 amide bonds. The first-order valence-electron chi connectivity index (χ1n) is 31.7. The molecule has 0 saturated heterocycles. The standard InChI is InChI=1S/C64H122O6/c1-4-7-10-13-16-19-22-24-26-28-30-31-32-34-35-37-39-42-45-48-51-54-57-63(66)69-60-61(59-68-62(65)56-53-50-47-44-41-21-18-15-12-9-6-3)70-64(67)58-55-52-49-46-43-40-38-36-33-29-27-25-23-20-17-14-11-8-5-2/h15,18,61H,4-14,16-17,19-60H2,1-3H3/b18-15-. The van der Waals surface area contributed by atoms with E-state index >= 15 is 0 Å². The van der Waals surface area contributed by atoms with Crippen LogP contribution >= 0.6 is 0 Å². The fourth-order valence-electron chi connectivity index (χ4n) is 9.72. The van der Waals surface area contributed by atoms with E-state index in [0.717, 1.165) is 64.2 Å². The number of esters is 3. The molecule has 0 aliphatic carbocycles. The lowest BCUT2D eigenvalue weighted by Crippen LogP contribution is -2.30. The van der Waals surface area contributed by atoms with Crippen molar-refractivity contribution < 1.29 is 28.6 Å². The molecule has 0 fully saturated rings. The lowest BCUT2D eigenvalue weighted by Gasteiger charge is -2.18. The van der Waals surface area contributed by atoms with E-state index in [-0.39, 0.29) is 31.1 Å². The maximum absolute atomic E-state index is 12.9. The molecular formula is C64H122O6. The third kappa shape index (κ3) is 57.1. The van der Waals surface area contributed by atoms with Gasteiger partial charge in [0, 0.05) is 19.3 Å². The lowest BCUT2D eigenvalue weighted by atomic mass is 10.0. The first-order chi connectivity index (χ1) is 34.5. The van der Waals surface area contributed by atoms with Crippen LogP contribution in [-0.2, 0) is 28.6 Å². The molecule has 1 unspecified atom stereocenters. The molecular weight excluding hydrogens is 865 g/mol. The molecule has 0 rings (SSSR count). The number of carbonyl (C=O) groups is 3. The molecule has 6 nitrogen and oxygen atoms in total. The molecule has 0 bridgehead atoms. The average molecular weight is 988 g/mol. The maximum atomic E-state index is 12.9. The fraction of sp³-hybridized carbons (Fsp3) is 0.922. The van der Waals surface area contributed by atoms with Crippen molar-refractivity contribution in [1.82, 2.24) is 0 Å². The summed E-state index contributed by atoms with van der Waals surface area (Å²) in [7, 11) is 0. The van der Waals surface area contributed by atoms with Gasteiger partial charge in [-0.1, -0.05) is 315 Å². The van der Waals surface area contributed by atoms with Gasteiger partial charge >= 0.3 is 17.9 Å². The molecule has 414 valence electrons. The first kappa shape index (κ1) is 68.2. The summed E-state index contributed by atoms with van der Waals surface area (Å²) in [5.41, 5.74) is 0. The zero-order chi connectivity index (χ0) is 50.7. The van der Waals surface area contributed by atoms with Crippen LogP contribution in [0.3, 0.4) is 0 Å². The van der Waals surface area contributed by atoms with Gasteiger partial charge in [0.1, 0.15) is 13.2 Å². The summed E-state index contributed by atoms with van der Waals surface area (Å²) in [6.07, 6.45) is 69.4. The van der Waals surface area contributed by atoms with Crippen LogP contribution in [0.15, 0.2) is 12.2 Å². The maximum Gasteiger partial charge on any atom is 0.306 e. The monoisotopic (exact) mass is 987 g/mol. The highest BCUT2D eigenvalue weighted by Crippen LogP contribution is 2.18. The van der Waals surface area contributed by atoms with Gasteiger partial charge in [-0.3, -0.25) is 14.4 Å². The van der Waals surface area contributed by atoms with Gasteiger partial charge < -0.3 is 14.2 Å². The van der Waals surface area contributed by atoms with Crippen molar-refractivity contribution in [2.75, 3.05) is 13.2 Å². The smallest absolute Gasteiger partial charge is 0.306 e. The quantitative estimate of drug-likeness (QED) is 0.0261. The van der Waals surface area contributed by atoms with Gasteiger partial charge in [0.15, 0.2) is 6.10 Å². The number of hydrogen-bond donors (Lipinski definition) is 0. The molecule has 0 aromatic rings. The number of ether oxygens (including phenoxy) is 3. The molecule has 0 aliphatic rings. The van der Waals surface area contributed by atoms with Crippen LogP contribution in [0.5, 0.6) is 0 Å². The summed E-state index contributed by atoms with van der Waals surface area (Å²) in [5, 5.41) is 0. The molecule has 0 N–H and O–H groups in total. The summed E-state index contributed by atoms with van der Waals surface area (Å²) >= 11 is 0. The minimum atomic E-state index is -0.768. The van der Waals surface area contributed by atoms with Crippen LogP contribution in [-0.4, -0.2) is 37.2 Å². The minimum absolute atomic E-state index is 0.0662. The van der Waals surface area contributed by atoms with Gasteiger partial charge in [-0.15, -0.1) is 0 Å². The highest BCUT2D eigenvalue weighted by Gasteiger charge is 2.19. The van der Waals surface area contributed by atoms with Crippen LogP contribution in [0.2, 0.25) is 0 Å². The van der Waals surface area contributed by atoms with Gasteiger partial charge in [-0.2, -0.15) is 0 Å². The molecule has 0 aromatic carbocycles. The minimum Gasteiger partial charge on any atom is -0.462 e. The van der Waals surface area contributed by atoms with E-state index in [1.165, 1.54) is 257 Å². The van der Waals surface area contributed by atoms with Gasteiger partial charge in [-0.05, 0) is 38.5 Å². The van der Waals surface area contributed by atoms with Crippen LogP contribution in [0.25, 0.3) is 0 Å². The molecule has 6 heteroatoms. The second-order valence-electron chi connectivity index (χ2n) is 21.7. The molecule has 0 radical (unpaired) electrons. The Bertz CT molecular complexity index is 1090. The fourth-order valence-corrected chi connectivity index (χ4v) is 9.72. The van der Waals surface area contributed by atoms with E-state index in [1.54, 1.807) is 0 Å². The second-order valence-corrected chi connectivity index (χ2v) is 21.7. The molecule has 70 heavy (non-hydrogen) atoms. The molecule has 0 spiro atoms. The van der Waals surface area contributed by atoms with Crippen LogP contribution in [0.4, 0.5) is 0 Å². The van der Waals surface area contributed by atoms with Crippen LogP contribution in [0.1, 0.15) is 361 Å². The van der Waals surface area contributed by atoms with Crippen molar-refractivity contribution in [2.45, 2.75) is 367 Å². The van der Waals surface area contributed by atoms with Crippen molar-refractivity contribution in [3.63, 3.8) is 0 Å². The average Bonchev–Trinajstić information content (AvgIpc) is 3.36. The van der Waals surface area contributed by atoms with E-state index in [4.69, 9.17) is 14.2 Å². The Labute approximate surface area is 437 Å². The van der Waals surface area contributed by atoms with Crippen molar-refractivity contribution in [1.29, 1.82) is 0 Å². The van der Waals surface area contributed by atoms with E-state index in [2.05, 4.69) is 32.9 Å².